The molecule has 12 heteroatoms. The number of hydrogen-bond donors (Lipinski definition) is 1. The van der Waals surface area contributed by atoms with Gasteiger partial charge in [0.05, 0.1) is 24.8 Å². The van der Waals surface area contributed by atoms with E-state index in [-0.39, 0.29) is 27.8 Å². The molecule has 0 bridgehead atoms. The number of carbonyl (C=O) groups excluding carboxylic acids is 1. The second-order valence-corrected chi connectivity index (χ2v) is 13.5. The highest BCUT2D eigenvalue weighted by molar-refractivity contribution is 7.93. The summed E-state index contributed by atoms with van der Waals surface area (Å²) >= 11 is 0. The lowest BCUT2D eigenvalue weighted by Crippen LogP contribution is -2.41. The second-order valence-electron chi connectivity index (χ2n) is 9.72. The Labute approximate surface area is 242 Å². The van der Waals surface area contributed by atoms with Crippen molar-refractivity contribution in [2.45, 2.75) is 36.0 Å². The van der Waals surface area contributed by atoms with Crippen molar-refractivity contribution >= 4 is 31.6 Å². The van der Waals surface area contributed by atoms with Gasteiger partial charge in [0.2, 0.25) is 15.9 Å². The minimum atomic E-state index is -4.21. The molecular weight excluding hydrogens is 566 g/mol. The van der Waals surface area contributed by atoms with Gasteiger partial charge in [0, 0.05) is 25.7 Å². The Morgan fingerprint density at radius 1 is 0.927 bits per heavy atom. The molecule has 41 heavy (non-hydrogen) atoms. The molecule has 1 fully saturated rings. The summed E-state index contributed by atoms with van der Waals surface area (Å²) in [4.78, 5) is 13.2. The van der Waals surface area contributed by atoms with Crippen LogP contribution in [-0.4, -0.2) is 67.4 Å². The number of nitrogens with zero attached hydrogens (tertiary/aromatic N) is 2. The lowest BCUT2D eigenvalue weighted by atomic mass is 10.1. The zero-order valence-electron chi connectivity index (χ0n) is 23.4. The number of hydrogen-bond acceptors (Lipinski definition) is 7. The van der Waals surface area contributed by atoms with E-state index in [1.807, 2.05) is 0 Å². The normalized spacial score (nSPS) is 14.0. The summed E-state index contributed by atoms with van der Waals surface area (Å²) < 4.78 is 66.4. The van der Waals surface area contributed by atoms with Gasteiger partial charge in [-0.25, -0.2) is 16.8 Å². The van der Waals surface area contributed by atoms with Crippen molar-refractivity contribution in [3.05, 3.63) is 77.9 Å². The van der Waals surface area contributed by atoms with E-state index in [2.05, 4.69) is 5.32 Å². The number of benzene rings is 3. The SMILES string of the molecule is COc1cccc(N(CC(=O)NCCc2ccc(S(=O)(=O)N3CCCC3)cc2)S(=O)(=O)c2cc(C)ccc2OC)c1. The van der Waals surface area contributed by atoms with E-state index in [9.17, 15) is 21.6 Å². The first-order valence-electron chi connectivity index (χ1n) is 13.2. The first-order chi connectivity index (χ1) is 19.6. The molecule has 3 aromatic rings. The number of carbonyl (C=O) groups is 1. The quantitative estimate of drug-likeness (QED) is 0.338. The van der Waals surface area contributed by atoms with Crippen molar-refractivity contribution in [3.8, 4) is 11.5 Å². The molecule has 0 aliphatic carbocycles. The highest BCUT2D eigenvalue weighted by Crippen LogP contribution is 2.32. The Morgan fingerprint density at radius 2 is 1.63 bits per heavy atom. The molecule has 1 heterocycles. The maximum absolute atomic E-state index is 13.9. The molecule has 0 unspecified atom stereocenters. The minimum Gasteiger partial charge on any atom is -0.497 e. The number of ether oxygens (including phenoxy) is 2. The molecule has 1 amide bonds. The Morgan fingerprint density at radius 3 is 2.29 bits per heavy atom. The van der Waals surface area contributed by atoms with E-state index in [4.69, 9.17) is 9.47 Å². The van der Waals surface area contributed by atoms with Gasteiger partial charge in [-0.3, -0.25) is 9.10 Å². The van der Waals surface area contributed by atoms with E-state index in [1.54, 1.807) is 67.6 Å². The van der Waals surface area contributed by atoms with Gasteiger partial charge in [0.15, 0.2) is 0 Å². The fraction of sp³-hybridized carbons (Fsp3) is 0.345. The van der Waals surface area contributed by atoms with E-state index in [1.165, 1.54) is 24.6 Å². The number of rotatable bonds is 12. The van der Waals surface area contributed by atoms with Crippen molar-refractivity contribution in [2.75, 3.05) is 44.7 Å². The first kappa shape index (κ1) is 30.4. The molecule has 0 radical (unpaired) electrons. The van der Waals surface area contributed by atoms with E-state index >= 15 is 0 Å². The maximum atomic E-state index is 13.9. The van der Waals surface area contributed by atoms with Crippen LogP contribution in [0.25, 0.3) is 0 Å². The average molecular weight is 602 g/mol. The smallest absolute Gasteiger partial charge is 0.268 e. The van der Waals surface area contributed by atoms with Crippen LogP contribution in [0, 0.1) is 6.92 Å². The molecule has 10 nitrogen and oxygen atoms in total. The highest BCUT2D eigenvalue weighted by Gasteiger charge is 2.31. The van der Waals surface area contributed by atoms with Gasteiger partial charge in [-0.2, -0.15) is 4.31 Å². The zero-order chi connectivity index (χ0) is 29.6. The molecule has 0 saturated carbocycles. The lowest BCUT2D eigenvalue weighted by Gasteiger charge is -2.25. The van der Waals surface area contributed by atoms with Gasteiger partial charge in [-0.05, 0) is 73.7 Å². The molecule has 3 aromatic carbocycles. The van der Waals surface area contributed by atoms with Gasteiger partial charge in [-0.15, -0.1) is 0 Å². The van der Waals surface area contributed by atoms with Crippen molar-refractivity contribution < 1.29 is 31.1 Å². The van der Waals surface area contributed by atoms with Crippen LogP contribution in [0.4, 0.5) is 5.69 Å². The molecular formula is C29H35N3O7S2. The Bertz CT molecular complexity index is 1580. The lowest BCUT2D eigenvalue weighted by molar-refractivity contribution is -0.119. The van der Waals surface area contributed by atoms with Gasteiger partial charge in [-0.1, -0.05) is 24.3 Å². The first-order valence-corrected chi connectivity index (χ1v) is 16.1. The number of nitrogens with one attached hydrogen (secondary N) is 1. The largest absolute Gasteiger partial charge is 0.497 e. The van der Waals surface area contributed by atoms with Gasteiger partial charge in [0.25, 0.3) is 10.0 Å². The number of aryl methyl sites for hydroxylation is 1. The monoisotopic (exact) mass is 601 g/mol. The number of sulfonamides is 2. The molecule has 0 spiro atoms. The maximum Gasteiger partial charge on any atom is 0.268 e. The summed E-state index contributed by atoms with van der Waals surface area (Å²) in [6.07, 6.45) is 2.17. The average Bonchev–Trinajstić information content (AvgIpc) is 3.52. The molecule has 1 N–H and O–H groups in total. The van der Waals surface area contributed by atoms with Crippen LogP contribution in [0.2, 0.25) is 0 Å². The second kappa shape index (κ2) is 12.9. The Balaban J connectivity index is 1.48. The predicted molar refractivity (Wildman–Crippen MR) is 156 cm³/mol. The Hall–Kier alpha value is -3.61. The molecule has 4 rings (SSSR count). The van der Waals surface area contributed by atoms with Crippen LogP contribution in [0.1, 0.15) is 24.0 Å². The molecule has 1 aliphatic rings. The van der Waals surface area contributed by atoms with Crippen molar-refractivity contribution in [1.29, 1.82) is 0 Å². The molecule has 1 saturated heterocycles. The fourth-order valence-electron chi connectivity index (χ4n) is 4.62. The van der Waals surface area contributed by atoms with Crippen LogP contribution in [0.3, 0.4) is 0 Å². The van der Waals surface area contributed by atoms with E-state index in [0.29, 0.717) is 25.3 Å². The summed E-state index contributed by atoms with van der Waals surface area (Å²) in [5.74, 6) is 0.102. The summed E-state index contributed by atoms with van der Waals surface area (Å²) in [5.41, 5.74) is 1.82. The van der Waals surface area contributed by atoms with Crippen LogP contribution in [0.15, 0.2) is 76.5 Å². The van der Waals surface area contributed by atoms with Crippen LogP contribution >= 0.6 is 0 Å². The zero-order valence-corrected chi connectivity index (χ0v) is 25.0. The van der Waals surface area contributed by atoms with Crippen LogP contribution in [0.5, 0.6) is 11.5 Å². The third-order valence-electron chi connectivity index (χ3n) is 6.88. The Kier molecular flexibility index (Phi) is 9.57. The molecule has 220 valence electrons. The van der Waals surface area contributed by atoms with Gasteiger partial charge in [0.1, 0.15) is 22.9 Å². The van der Waals surface area contributed by atoms with Crippen LogP contribution < -0.4 is 19.1 Å². The van der Waals surface area contributed by atoms with Crippen molar-refractivity contribution in [1.82, 2.24) is 9.62 Å². The number of methoxy groups -OCH3 is 2. The molecule has 1 aliphatic heterocycles. The molecule has 0 atom stereocenters. The van der Waals surface area contributed by atoms with Gasteiger partial charge >= 0.3 is 0 Å². The van der Waals surface area contributed by atoms with Crippen molar-refractivity contribution in [3.63, 3.8) is 0 Å². The number of anilines is 1. The number of amides is 1. The van der Waals surface area contributed by atoms with Crippen LogP contribution in [-0.2, 0) is 31.3 Å². The third-order valence-corrected chi connectivity index (χ3v) is 10.6. The van der Waals surface area contributed by atoms with Crippen molar-refractivity contribution in [2.24, 2.45) is 0 Å². The predicted octanol–water partition coefficient (Wildman–Crippen LogP) is 3.35. The van der Waals surface area contributed by atoms with Gasteiger partial charge < -0.3 is 14.8 Å². The standard InChI is InChI=1S/C29H35N3O7S2/c1-22-9-14-27(39-3)28(19-22)41(36,37)32(24-7-6-8-25(20-24)38-2)21-29(33)30-16-15-23-10-12-26(13-11-23)40(34,35)31-17-4-5-18-31/h6-14,19-20H,4-5,15-18,21H2,1-3H3,(H,30,33). The summed E-state index contributed by atoms with van der Waals surface area (Å²) in [5, 5.41) is 2.78. The summed E-state index contributed by atoms with van der Waals surface area (Å²) in [6, 6.07) is 17.9. The third kappa shape index (κ3) is 7.00. The van der Waals surface area contributed by atoms with E-state index < -0.39 is 32.5 Å². The fourth-order valence-corrected chi connectivity index (χ4v) is 7.80. The highest BCUT2D eigenvalue weighted by atomic mass is 32.2. The molecule has 0 aromatic heterocycles. The van der Waals surface area contributed by atoms with E-state index in [0.717, 1.165) is 28.3 Å². The topological polar surface area (TPSA) is 122 Å². The summed E-state index contributed by atoms with van der Waals surface area (Å²) in [7, 11) is -4.84. The minimum absolute atomic E-state index is 0.0559. The summed E-state index contributed by atoms with van der Waals surface area (Å²) in [6.45, 7) is 2.61.